The van der Waals surface area contributed by atoms with E-state index in [-0.39, 0.29) is 0 Å². The maximum absolute atomic E-state index is 5.82. The van der Waals surface area contributed by atoms with Crippen molar-refractivity contribution in [1.82, 2.24) is 14.9 Å². The summed E-state index contributed by atoms with van der Waals surface area (Å²) in [5.74, 6) is 2.39. The van der Waals surface area contributed by atoms with E-state index < -0.39 is 0 Å². The molecule has 2 aliphatic rings. The molecule has 2 fully saturated rings. The van der Waals surface area contributed by atoms with Crippen molar-refractivity contribution in [3.63, 3.8) is 0 Å². The molecule has 1 aromatic rings. The number of hydrogen-bond acceptors (Lipinski definition) is 4. The normalized spacial score (nSPS) is 26.2. The molecule has 1 saturated carbocycles. The molecule has 4 nitrogen and oxygen atoms in total. The van der Waals surface area contributed by atoms with E-state index in [2.05, 4.69) is 48.0 Å². The number of aryl methyl sites for hydroxylation is 1. The highest BCUT2D eigenvalue weighted by Gasteiger charge is 2.29. The van der Waals surface area contributed by atoms with Crippen LogP contribution in [0.1, 0.15) is 76.6 Å². The van der Waals surface area contributed by atoms with Crippen LogP contribution in [0, 0.1) is 5.92 Å². The molecule has 0 amide bonds. The average molecular weight is 346 g/mol. The molecule has 0 bridgehead atoms. The van der Waals surface area contributed by atoms with E-state index in [1.807, 2.05) is 0 Å². The highest BCUT2D eigenvalue weighted by molar-refractivity contribution is 5.13. The second-order valence-electron chi connectivity index (χ2n) is 8.15. The Morgan fingerprint density at radius 3 is 2.24 bits per heavy atom. The number of likely N-dealkylation sites (tertiary alicyclic amines) is 1. The highest BCUT2D eigenvalue weighted by atomic mass is 16.5. The maximum Gasteiger partial charge on any atom is 0.127 e. The fourth-order valence-corrected chi connectivity index (χ4v) is 4.36. The smallest absolute Gasteiger partial charge is 0.127 e. The zero-order valence-electron chi connectivity index (χ0n) is 16.3. The first-order valence-corrected chi connectivity index (χ1v) is 10.3. The Hall–Kier alpha value is -1.00. The van der Waals surface area contributed by atoms with Crippen molar-refractivity contribution < 1.29 is 4.74 Å². The number of aromatic nitrogens is 2. The van der Waals surface area contributed by atoms with Gasteiger partial charge >= 0.3 is 0 Å². The molecule has 0 spiro atoms. The molecule has 1 aliphatic carbocycles. The second kappa shape index (κ2) is 9.09. The van der Waals surface area contributed by atoms with E-state index in [9.17, 15) is 0 Å². The van der Waals surface area contributed by atoms with E-state index in [1.165, 1.54) is 57.2 Å². The van der Waals surface area contributed by atoms with Crippen molar-refractivity contribution >= 4 is 0 Å². The van der Waals surface area contributed by atoms with E-state index in [0.29, 0.717) is 12.0 Å². The van der Waals surface area contributed by atoms with Gasteiger partial charge in [-0.15, -0.1) is 0 Å². The van der Waals surface area contributed by atoms with Crippen LogP contribution in [-0.4, -0.2) is 46.7 Å². The minimum absolute atomic E-state index is 0.368. The van der Waals surface area contributed by atoms with Gasteiger partial charge in [-0.1, -0.05) is 6.92 Å². The van der Waals surface area contributed by atoms with E-state index >= 15 is 0 Å². The van der Waals surface area contributed by atoms with Gasteiger partial charge in [0.2, 0.25) is 0 Å². The van der Waals surface area contributed by atoms with Crippen molar-refractivity contribution in [2.75, 3.05) is 19.7 Å². The van der Waals surface area contributed by atoms with E-state index in [1.54, 1.807) is 0 Å². The molecule has 0 atom stereocenters. The molecular weight excluding hydrogens is 310 g/mol. The zero-order chi connectivity index (χ0) is 17.6. The standard InChI is InChI=1S/C21H35N3O/c1-4-21-22-13-19(14-23-21)18-9-11-24(12-10-18)20-7-5-17(6-8-20)15-25-16(2)3/h13-14,16-18,20H,4-12,15H2,1-3H3. The van der Waals surface area contributed by atoms with Crippen LogP contribution in [0.4, 0.5) is 0 Å². The van der Waals surface area contributed by atoms with Crippen molar-refractivity contribution in [3.05, 3.63) is 23.8 Å². The molecule has 1 aliphatic heterocycles. The lowest BCUT2D eigenvalue weighted by atomic mass is 9.83. The first-order valence-electron chi connectivity index (χ1n) is 10.3. The summed E-state index contributed by atoms with van der Waals surface area (Å²) in [7, 11) is 0. The van der Waals surface area contributed by atoms with Crippen LogP contribution in [0.25, 0.3) is 0 Å². The third-order valence-electron chi connectivity index (χ3n) is 6.04. The molecule has 2 heterocycles. The summed E-state index contributed by atoms with van der Waals surface area (Å²) in [6, 6.07) is 0.801. The Morgan fingerprint density at radius 1 is 1.04 bits per heavy atom. The number of rotatable bonds is 6. The molecule has 0 radical (unpaired) electrons. The number of ether oxygens (including phenoxy) is 1. The van der Waals surface area contributed by atoms with Crippen LogP contribution in [0.3, 0.4) is 0 Å². The number of nitrogens with zero attached hydrogens (tertiary/aromatic N) is 3. The molecule has 0 unspecified atom stereocenters. The molecule has 3 rings (SSSR count). The molecule has 1 aromatic heterocycles. The molecule has 1 saturated heterocycles. The van der Waals surface area contributed by atoms with Crippen molar-refractivity contribution in [2.45, 2.75) is 83.8 Å². The van der Waals surface area contributed by atoms with Gasteiger partial charge in [-0.3, -0.25) is 0 Å². The second-order valence-corrected chi connectivity index (χ2v) is 8.15. The van der Waals surface area contributed by atoms with Gasteiger partial charge in [-0.2, -0.15) is 0 Å². The monoisotopic (exact) mass is 345 g/mol. The lowest BCUT2D eigenvalue weighted by Crippen LogP contribution is -2.43. The van der Waals surface area contributed by atoms with Crippen molar-refractivity contribution in [2.24, 2.45) is 5.92 Å². The summed E-state index contributed by atoms with van der Waals surface area (Å²) in [5, 5.41) is 0. The van der Waals surface area contributed by atoms with Crippen LogP contribution < -0.4 is 0 Å². The van der Waals surface area contributed by atoms with Crippen molar-refractivity contribution in [1.29, 1.82) is 0 Å². The molecule has 0 aromatic carbocycles. The van der Waals surface area contributed by atoms with Gasteiger partial charge in [0.15, 0.2) is 0 Å². The topological polar surface area (TPSA) is 38.2 Å². The molecule has 140 valence electrons. The highest BCUT2D eigenvalue weighted by Crippen LogP contribution is 2.33. The van der Waals surface area contributed by atoms with Gasteiger partial charge in [0.25, 0.3) is 0 Å². The zero-order valence-corrected chi connectivity index (χ0v) is 16.3. The first kappa shape index (κ1) is 18.8. The fourth-order valence-electron chi connectivity index (χ4n) is 4.36. The maximum atomic E-state index is 5.82. The van der Waals surface area contributed by atoms with Gasteiger partial charge in [0.05, 0.1) is 6.10 Å². The summed E-state index contributed by atoms with van der Waals surface area (Å²) in [6.07, 6.45) is 13.3. The molecule has 25 heavy (non-hydrogen) atoms. The summed E-state index contributed by atoms with van der Waals surface area (Å²) < 4.78 is 5.82. The van der Waals surface area contributed by atoms with Gasteiger partial charge < -0.3 is 9.64 Å². The molecule has 0 N–H and O–H groups in total. The summed E-state index contributed by atoms with van der Waals surface area (Å²) in [4.78, 5) is 11.7. The lowest BCUT2D eigenvalue weighted by molar-refractivity contribution is 0.0269. The predicted octanol–water partition coefficient (Wildman–Crippen LogP) is 4.20. The lowest BCUT2D eigenvalue weighted by Gasteiger charge is -2.41. The summed E-state index contributed by atoms with van der Waals surface area (Å²) >= 11 is 0. The fraction of sp³-hybridized carbons (Fsp3) is 0.810. The molecular formula is C21H35N3O. The summed E-state index contributed by atoms with van der Waals surface area (Å²) in [6.45, 7) is 9.81. The Labute approximate surface area is 153 Å². The first-order chi connectivity index (χ1) is 12.2. The number of piperidine rings is 1. The third-order valence-corrected chi connectivity index (χ3v) is 6.04. The summed E-state index contributed by atoms with van der Waals surface area (Å²) in [5.41, 5.74) is 1.34. The largest absolute Gasteiger partial charge is 0.379 e. The van der Waals surface area contributed by atoms with Crippen LogP contribution in [0.2, 0.25) is 0 Å². The Bertz CT molecular complexity index is 500. The average Bonchev–Trinajstić information content (AvgIpc) is 2.67. The van der Waals surface area contributed by atoms with Gasteiger partial charge in [-0.05, 0) is 82.9 Å². The van der Waals surface area contributed by atoms with Gasteiger partial charge in [0, 0.05) is 31.5 Å². The Kier molecular flexibility index (Phi) is 6.83. The minimum atomic E-state index is 0.368. The Balaban J connectivity index is 1.42. The third kappa shape index (κ3) is 5.24. The van der Waals surface area contributed by atoms with Gasteiger partial charge in [-0.25, -0.2) is 9.97 Å². The predicted molar refractivity (Wildman–Crippen MR) is 102 cm³/mol. The minimum Gasteiger partial charge on any atom is -0.379 e. The van der Waals surface area contributed by atoms with Gasteiger partial charge in [0.1, 0.15) is 5.82 Å². The van der Waals surface area contributed by atoms with E-state index in [0.717, 1.165) is 30.8 Å². The quantitative estimate of drug-likeness (QED) is 0.774. The van der Waals surface area contributed by atoms with Crippen molar-refractivity contribution in [3.8, 4) is 0 Å². The van der Waals surface area contributed by atoms with Crippen LogP contribution >= 0.6 is 0 Å². The number of hydrogen-bond donors (Lipinski definition) is 0. The van der Waals surface area contributed by atoms with E-state index in [4.69, 9.17) is 4.74 Å². The van der Waals surface area contributed by atoms with Crippen LogP contribution in [-0.2, 0) is 11.2 Å². The van der Waals surface area contributed by atoms with Crippen LogP contribution in [0.15, 0.2) is 12.4 Å². The van der Waals surface area contributed by atoms with Crippen LogP contribution in [0.5, 0.6) is 0 Å². The Morgan fingerprint density at radius 2 is 1.68 bits per heavy atom. The SMILES string of the molecule is CCc1ncc(C2CCN(C3CCC(COC(C)C)CC3)CC2)cn1. The molecule has 4 heteroatoms.